The number of hydrogen-bond donors (Lipinski definition) is 3. The molecule has 1 heterocycles. The summed E-state index contributed by atoms with van der Waals surface area (Å²) in [7, 11) is 0. The van der Waals surface area contributed by atoms with E-state index in [9.17, 15) is 15.0 Å². The van der Waals surface area contributed by atoms with Crippen molar-refractivity contribution in [2.24, 2.45) is 0 Å². The average Bonchev–Trinajstić information content (AvgIpc) is 2.80. The summed E-state index contributed by atoms with van der Waals surface area (Å²) in [6.45, 7) is 9.09. The summed E-state index contributed by atoms with van der Waals surface area (Å²) >= 11 is 0. The van der Waals surface area contributed by atoms with E-state index < -0.39 is 12.1 Å². The van der Waals surface area contributed by atoms with Gasteiger partial charge in [-0.05, 0) is 87.4 Å². The minimum atomic E-state index is -1.18. The maximum absolute atomic E-state index is 11.1. The van der Waals surface area contributed by atoms with Gasteiger partial charge in [0.1, 0.15) is 11.3 Å². The number of aromatic carboxylic acids is 1. The van der Waals surface area contributed by atoms with Crippen molar-refractivity contribution in [3.8, 4) is 16.9 Å². The Hall–Kier alpha value is -3.44. The molecule has 5 nitrogen and oxygen atoms in total. The number of aliphatic hydroxyl groups excluding tert-OH is 1. The van der Waals surface area contributed by atoms with Crippen LogP contribution < -0.4 is 0 Å². The Kier molecular flexibility index (Phi) is 6.09. The van der Waals surface area contributed by atoms with E-state index >= 15 is 0 Å². The van der Waals surface area contributed by atoms with Crippen molar-refractivity contribution in [2.75, 3.05) is 0 Å². The standard InChI is InChI=1S/C29H31NO4/c1-28(2)11-12-29(3,4)26-22(19-9-13-30-14-10-19)16-20(17-23(26)28)24(31)8-6-18-5-7-21(27(33)34)25(32)15-18/h5-10,13-17,24,31-32H,11-12H2,1-4H3,(H,33,34)/b8-6-. The number of carboxylic acids is 1. The van der Waals surface area contributed by atoms with Crippen LogP contribution in [0.4, 0.5) is 0 Å². The zero-order valence-corrected chi connectivity index (χ0v) is 20.0. The fraction of sp³-hybridized carbons (Fsp3) is 0.310. The molecule has 176 valence electrons. The van der Waals surface area contributed by atoms with E-state index in [1.807, 2.05) is 12.1 Å². The molecule has 0 saturated heterocycles. The summed E-state index contributed by atoms with van der Waals surface area (Å²) < 4.78 is 0. The molecule has 34 heavy (non-hydrogen) atoms. The summed E-state index contributed by atoms with van der Waals surface area (Å²) in [5, 5.41) is 30.2. The molecular weight excluding hydrogens is 426 g/mol. The first-order valence-corrected chi connectivity index (χ1v) is 11.5. The van der Waals surface area contributed by atoms with E-state index in [1.54, 1.807) is 30.6 Å². The number of aromatic nitrogens is 1. The summed E-state index contributed by atoms with van der Waals surface area (Å²) in [5.74, 6) is -1.49. The van der Waals surface area contributed by atoms with Crippen LogP contribution in [0.1, 0.15) is 79.3 Å². The zero-order chi connectivity index (χ0) is 24.7. The zero-order valence-electron chi connectivity index (χ0n) is 20.0. The van der Waals surface area contributed by atoms with E-state index in [0.717, 1.165) is 29.5 Å². The van der Waals surface area contributed by atoms with Crippen molar-refractivity contribution >= 4 is 12.0 Å². The number of nitrogens with zero attached hydrogens (tertiary/aromatic N) is 1. The van der Waals surface area contributed by atoms with Crippen LogP contribution in [0.5, 0.6) is 5.75 Å². The highest BCUT2D eigenvalue weighted by Gasteiger charge is 2.39. The monoisotopic (exact) mass is 457 g/mol. The van der Waals surface area contributed by atoms with Crippen LogP contribution in [0, 0.1) is 0 Å². The number of benzene rings is 2. The van der Waals surface area contributed by atoms with Crippen molar-refractivity contribution in [1.29, 1.82) is 0 Å². The largest absolute Gasteiger partial charge is 0.507 e. The predicted octanol–water partition coefficient (Wildman–Crippen LogP) is 6.25. The van der Waals surface area contributed by atoms with E-state index in [0.29, 0.717) is 5.56 Å². The predicted molar refractivity (Wildman–Crippen MR) is 134 cm³/mol. The molecule has 0 bridgehead atoms. The van der Waals surface area contributed by atoms with Gasteiger partial charge in [-0.1, -0.05) is 52.0 Å². The van der Waals surface area contributed by atoms with Crippen molar-refractivity contribution in [3.05, 3.63) is 88.8 Å². The number of carboxylic acid groups (broad SMARTS) is 1. The van der Waals surface area contributed by atoms with Gasteiger partial charge in [0.05, 0.1) is 6.10 Å². The Morgan fingerprint density at radius 2 is 1.68 bits per heavy atom. The Morgan fingerprint density at radius 3 is 2.32 bits per heavy atom. The quantitative estimate of drug-likeness (QED) is 0.421. The van der Waals surface area contributed by atoms with Crippen molar-refractivity contribution in [1.82, 2.24) is 4.98 Å². The number of hydrogen-bond acceptors (Lipinski definition) is 4. The third kappa shape index (κ3) is 4.48. The summed E-state index contributed by atoms with van der Waals surface area (Å²) in [6.07, 6.45) is 8.21. The molecule has 0 aliphatic heterocycles. The molecule has 4 rings (SSSR count). The molecule has 1 unspecified atom stereocenters. The van der Waals surface area contributed by atoms with Gasteiger partial charge in [0, 0.05) is 12.4 Å². The molecule has 2 aromatic carbocycles. The number of phenols is 1. The van der Waals surface area contributed by atoms with Gasteiger partial charge >= 0.3 is 5.97 Å². The third-order valence-corrected chi connectivity index (χ3v) is 7.00. The average molecular weight is 458 g/mol. The SMILES string of the molecule is CC1(C)CCC(C)(C)c2c(-c3ccncc3)cc(C(O)/C=C\c3ccc(C(=O)O)c(O)c3)cc21. The number of aliphatic hydroxyl groups is 1. The number of rotatable bonds is 5. The van der Waals surface area contributed by atoms with Gasteiger partial charge in [0.15, 0.2) is 0 Å². The van der Waals surface area contributed by atoms with E-state index in [1.165, 1.54) is 23.3 Å². The first-order valence-electron chi connectivity index (χ1n) is 11.5. The molecule has 0 fully saturated rings. The first-order chi connectivity index (χ1) is 16.0. The Balaban J connectivity index is 1.79. The molecule has 5 heteroatoms. The molecule has 1 atom stereocenters. The van der Waals surface area contributed by atoms with Gasteiger partial charge < -0.3 is 15.3 Å². The third-order valence-electron chi connectivity index (χ3n) is 7.00. The first kappa shape index (κ1) is 23.7. The summed E-state index contributed by atoms with van der Waals surface area (Å²) in [4.78, 5) is 15.3. The van der Waals surface area contributed by atoms with Crippen molar-refractivity contribution in [2.45, 2.75) is 57.5 Å². The van der Waals surface area contributed by atoms with Crippen LogP contribution >= 0.6 is 0 Å². The maximum Gasteiger partial charge on any atom is 0.339 e. The van der Waals surface area contributed by atoms with Gasteiger partial charge in [-0.3, -0.25) is 4.98 Å². The van der Waals surface area contributed by atoms with Gasteiger partial charge in [0.25, 0.3) is 0 Å². The van der Waals surface area contributed by atoms with E-state index in [-0.39, 0.29) is 22.1 Å². The molecule has 0 saturated carbocycles. The molecule has 1 aliphatic carbocycles. The van der Waals surface area contributed by atoms with E-state index in [2.05, 4.69) is 44.8 Å². The molecule has 3 N–H and O–H groups in total. The molecule has 0 amide bonds. The lowest BCUT2D eigenvalue weighted by Gasteiger charge is -2.43. The lowest BCUT2D eigenvalue weighted by Crippen LogP contribution is -2.34. The van der Waals surface area contributed by atoms with Gasteiger partial charge in [-0.15, -0.1) is 0 Å². The molecule has 0 spiro atoms. The number of carbonyl (C=O) groups is 1. The Bertz CT molecular complexity index is 1260. The minimum absolute atomic E-state index is 0.00614. The number of pyridine rings is 1. The normalized spacial score (nSPS) is 17.3. The molecule has 0 radical (unpaired) electrons. The lowest BCUT2D eigenvalue weighted by molar-refractivity contribution is 0.0693. The molecular formula is C29H31NO4. The fourth-order valence-corrected chi connectivity index (χ4v) is 4.89. The van der Waals surface area contributed by atoms with Crippen LogP contribution in [0.3, 0.4) is 0 Å². The van der Waals surface area contributed by atoms with Gasteiger partial charge in [0.2, 0.25) is 0 Å². The van der Waals surface area contributed by atoms with E-state index in [4.69, 9.17) is 5.11 Å². The highest BCUT2D eigenvalue weighted by atomic mass is 16.4. The summed E-state index contributed by atoms with van der Waals surface area (Å²) in [6, 6.07) is 12.5. The smallest absolute Gasteiger partial charge is 0.339 e. The second-order valence-electron chi connectivity index (χ2n) is 10.4. The van der Waals surface area contributed by atoms with Crippen molar-refractivity contribution < 1.29 is 20.1 Å². The lowest BCUT2D eigenvalue weighted by atomic mass is 9.61. The number of fused-ring (bicyclic) bond motifs is 1. The van der Waals surface area contributed by atoms with Crippen LogP contribution in [0.25, 0.3) is 17.2 Å². The van der Waals surface area contributed by atoms with Crippen LogP contribution in [0.2, 0.25) is 0 Å². The van der Waals surface area contributed by atoms with Crippen LogP contribution in [-0.4, -0.2) is 26.3 Å². The second-order valence-corrected chi connectivity index (χ2v) is 10.4. The van der Waals surface area contributed by atoms with Crippen LogP contribution in [-0.2, 0) is 10.8 Å². The highest BCUT2D eigenvalue weighted by molar-refractivity contribution is 5.91. The number of aromatic hydroxyl groups is 1. The maximum atomic E-state index is 11.1. The van der Waals surface area contributed by atoms with Crippen molar-refractivity contribution in [3.63, 3.8) is 0 Å². The Morgan fingerprint density at radius 1 is 1.00 bits per heavy atom. The minimum Gasteiger partial charge on any atom is -0.507 e. The van der Waals surface area contributed by atoms with Crippen LogP contribution in [0.15, 0.2) is 60.9 Å². The highest BCUT2D eigenvalue weighted by Crippen LogP contribution is 2.50. The Labute approximate surface area is 200 Å². The molecule has 1 aliphatic rings. The van der Waals surface area contributed by atoms with Gasteiger partial charge in [-0.25, -0.2) is 4.79 Å². The summed E-state index contributed by atoms with van der Waals surface area (Å²) in [5.41, 5.74) is 5.99. The topological polar surface area (TPSA) is 90.7 Å². The molecule has 1 aromatic heterocycles. The van der Waals surface area contributed by atoms with Gasteiger partial charge in [-0.2, -0.15) is 0 Å². The molecule has 3 aromatic rings. The fourth-order valence-electron chi connectivity index (χ4n) is 4.89. The second kappa shape index (κ2) is 8.73.